The zero-order valence-corrected chi connectivity index (χ0v) is 24.7. The molecule has 0 spiro atoms. The van der Waals surface area contributed by atoms with E-state index < -0.39 is 11.7 Å². The van der Waals surface area contributed by atoms with Gasteiger partial charge in [0.25, 0.3) is 6.01 Å². The molecule has 8 nitrogen and oxygen atoms in total. The molecule has 44 heavy (non-hydrogen) atoms. The Kier molecular flexibility index (Phi) is 9.61. The van der Waals surface area contributed by atoms with Gasteiger partial charge >= 0.3 is 5.63 Å². The molecule has 1 heterocycles. The highest BCUT2D eigenvalue weighted by Gasteiger charge is 2.25. The van der Waals surface area contributed by atoms with Gasteiger partial charge in [0, 0.05) is 32.6 Å². The van der Waals surface area contributed by atoms with Crippen LogP contribution in [0.25, 0.3) is 17.0 Å². The van der Waals surface area contributed by atoms with Crippen LogP contribution in [0.5, 0.6) is 0 Å². The summed E-state index contributed by atoms with van der Waals surface area (Å²) in [5.74, 6) is -0.407. The molecule has 0 saturated heterocycles. The third kappa shape index (κ3) is 7.66. The van der Waals surface area contributed by atoms with Crippen LogP contribution < -0.4 is 16.3 Å². The fourth-order valence-electron chi connectivity index (χ4n) is 4.99. The summed E-state index contributed by atoms with van der Waals surface area (Å²) >= 11 is 0. The van der Waals surface area contributed by atoms with Crippen molar-refractivity contribution in [2.45, 2.75) is 32.5 Å². The second-order valence-electron chi connectivity index (χ2n) is 10.6. The summed E-state index contributed by atoms with van der Waals surface area (Å²) in [7, 11) is 1.75. The highest BCUT2D eigenvalue weighted by Crippen LogP contribution is 2.20. The number of hydrogen-bond acceptors (Lipinski definition) is 6. The monoisotopic (exact) mass is 586 g/mol. The minimum absolute atomic E-state index is 0.0311. The summed E-state index contributed by atoms with van der Waals surface area (Å²) in [6.45, 7) is 2.47. The molecule has 2 N–H and O–H groups in total. The average Bonchev–Trinajstić information content (AvgIpc) is 3.04. The smallest absolute Gasteiger partial charge is 0.348 e. The standard InChI is InChI=1S/C36H34N4O4/c1-25-29(23-37-32(41)21-18-26-12-6-3-7-13-26)19-20-30-33(25)35(43)44-36(38-30)39-31(22-27-14-8-4-9-15-27)34(42)40(2)24-28-16-10-5-11-17-28/h3-21,31H,22-24H2,1-2H3,(H,37,41)(H,38,39)/t31-/m0/s1. The van der Waals surface area contributed by atoms with Crippen molar-refractivity contribution in [1.82, 2.24) is 15.2 Å². The molecule has 0 aliphatic carbocycles. The predicted molar refractivity (Wildman–Crippen MR) is 173 cm³/mol. The number of aryl methyl sites for hydroxylation is 1. The SMILES string of the molecule is Cc1c(CNC(=O)C=Cc2ccccc2)ccc2nc(N[C@@H](Cc3ccccc3)C(=O)N(C)Cc3ccccc3)oc(=O)c12. The Labute approximate surface area is 256 Å². The fourth-order valence-corrected chi connectivity index (χ4v) is 4.99. The number of nitrogens with zero attached hydrogens (tertiary/aromatic N) is 2. The molecular formula is C36H34N4O4. The maximum Gasteiger partial charge on any atom is 0.348 e. The van der Waals surface area contributed by atoms with Crippen LogP contribution in [0.1, 0.15) is 27.8 Å². The van der Waals surface area contributed by atoms with Gasteiger partial charge in [0.15, 0.2) is 0 Å². The minimum atomic E-state index is -0.723. The zero-order valence-electron chi connectivity index (χ0n) is 24.7. The molecule has 4 aromatic carbocycles. The summed E-state index contributed by atoms with van der Waals surface area (Å²) < 4.78 is 5.61. The largest absolute Gasteiger partial charge is 0.389 e. The molecule has 0 aliphatic rings. The van der Waals surface area contributed by atoms with Gasteiger partial charge in [-0.2, -0.15) is 4.98 Å². The zero-order chi connectivity index (χ0) is 30.9. The highest BCUT2D eigenvalue weighted by atomic mass is 16.4. The summed E-state index contributed by atoms with van der Waals surface area (Å²) in [4.78, 5) is 45.4. The molecule has 0 unspecified atom stereocenters. The van der Waals surface area contributed by atoms with Crippen LogP contribution in [0.3, 0.4) is 0 Å². The van der Waals surface area contributed by atoms with E-state index in [4.69, 9.17) is 4.42 Å². The Balaban J connectivity index is 1.33. The number of rotatable bonds is 11. The van der Waals surface area contributed by atoms with Gasteiger partial charge in [0.1, 0.15) is 6.04 Å². The number of fused-ring (bicyclic) bond motifs is 1. The van der Waals surface area contributed by atoms with E-state index in [9.17, 15) is 14.4 Å². The van der Waals surface area contributed by atoms with Crippen LogP contribution in [-0.4, -0.2) is 34.8 Å². The Morgan fingerprint density at radius 2 is 1.52 bits per heavy atom. The second-order valence-corrected chi connectivity index (χ2v) is 10.6. The molecular weight excluding hydrogens is 552 g/mol. The van der Waals surface area contributed by atoms with Gasteiger partial charge < -0.3 is 20.0 Å². The summed E-state index contributed by atoms with van der Waals surface area (Å²) in [5.41, 5.74) is 4.19. The molecule has 5 rings (SSSR count). The molecule has 1 atom stereocenters. The molecule has 2 amide bonds. The van der Waals surface area contributed by atoms with E-state index in [2.05, 4.69) is 15.6 Å². The molecule has 8 heteroatoms. The lowest BCUT2D eigenvalue weighted by Crippen LogP contribution is -2.42. The minimum Gasteiger partial charge on any atom is -0.389 e. The van der Waals surface area contributed by atoms with Crippen molar-refractivity contribution in [1.29, 1.82) is 0 Å². The van der Waals surface area contributed by atoms with Crippen molar-refractivity contribution in [3.63, 3.8) is 0 Å². The van der Waals surface area contributed by atoms with Crippen molar-refractivity contribution in [2.75, 3.05) is 12.4 Å². The van der Waals surface area contributed by atoms with Crippen molar-refractivity contribution >= 4 is 34.8 Å². The molecule has 0 saturated carbocycles. The normalized spacial score (nSPS) is 11.8. The van der Waals surface area contributed by atoms with E-state index in [0.717, 1.165) is 22.3 Å². The molecule has 0 aliphatic heterocycles. The van der Waals surface area contributed by atoms with Gasteiger partial charge in [-0.05, 0) is 46.9 Å². The molecule has 0 radical (unpaired) electrons. The van der Waals surface area contributed by atoms with Gasteiger partial charge in [-0.25, -0.2) is 4.79 Å². The van der Waals surface area contributed by atoms with Gasteiger partial charge in [0.05, 0.1) is 10.9 Å². The number of benzene rings is 4. The van der Waals surface area contributed by atoms with Crippen molar-refractivity contribution in [3.05, 3.63) is 147 Å². The first kappa shape index (κ1) is 30.0. The average molecular weight is 587 g/mol. The second kappa shape index (κ2) is 14.1. The third-order valence-corrected chi connectivity index (χ3v) is 7.37. The number of aromatic nitrogens is 1. The maximum absolute atomic E-state index is 13.6. The molecule has 5 aromatic rings. The number of carbonyl (C=O) groups excluding carboxylic acids is 2. The number of amides is 2. The molecule has 1 aromatic heterocycles. The van der Waals surface area contributed by atoms with Gasteiger partial charge in [0.2, 0.25) is 11.8 Å². The van der Waals surface area contributed by atoms with E-state index in [1.165, 1.54) is 6.08 Å². The molecule has 0 fully saturated rings. The quantitative estimate of drug-likeness (QED) is 0.198. The van der Waals surface area contributed by atoms with E-state index in [1.807, 2.05) is 97.1 Å². The van der Waals surface area contributed by atoms with Crippen LogP contribution in [0.2, 0.25) is 0 Å². The van der Waals surface area contributed by atoms with Crippen LogP contribution in [0, 0.1) is 6.92 Å². The molecule has 0 bridgehead atoms. The van der Waals surface area contributed by atoms with Crippen LogP contribution in [0.15, 0.2) is 118 Å². The lowest BCUT2D eigenvalue weighted by atomic mass is 10.0. The van der Waals surface area contributed by atoms with E-state index in [1.54, 1.807) is 31.0 Å². The fraction of sp³-hybridized carbons (Fsp3) is 0.167. The number of hydrogen-bond donors (Lipinski definition) is 2. The first-order valence-electron chi connectivity index (χ1n) is 14.4. The number of anilines is 1. The van der Waals surface area contributed by atoms with Gasteiger partial charge in [-0.1, -0.05) is 97.1 Å². The van der Waals surface area contributed by atoms with E-state index >= 15 is 0 Å². The summed E-state index contributed by atoms with van der Waals surface area (Å²) in [5, 5.41) is 6.28. The van der Waals surface area contributed by atoms with Gasteiger partial charge in [-0.15, -0.1) is 0 Å². The van der Waals surface area contributed by atoms with Crippen LogP contribution in [-0.2, 0) is 29.1 Å². The van der Waals surface area contributed by atoms with E-state index in [0.29, 0.717) is 29.4 Å². The first-order chi connectivity index (χ1) is 21.4. The number of carbonyl (C=O) groups is 2. The third-order valence-electron chi connectivity index (χ3n) is 7.37. The number of likely N-dealkylation sites (N-methyl/N-ethyl adjacent to an activating group) is 1. The Hall–Kier alpha value is -5.50. The van der Waals surface area contributed by atoms with Gasteiger partial charge in [-0.3, -0.25) is 9.59 Å². The van der Waals surface area contributed by atoms with Crippen molar-refractivity contribution < 1.29 is 14.0 Å². The lowest BCUT2D eigenvalue weighted by Gasteiger charge is -2.25. The predicted octanol–water partition coefficient (Wildman–Crippen LogP) is 5.51. The lowest BCUT2D eigenvalue weighted by molar-refractivity contribution is -0.131. The summed E-state index contributed by atoms with van der Waals surface area (Å²) in [6.07, 6.45) is 3.59. The van der Waals surface area contributed by atoms with Crippen LogP contribution in [0.4, 0.5) is 6.01 Å². The van der Waals surface area contributed by atoms with E-state index in [-0.39, 0.29) is 24.4 Å². The van der Waals surface area contributed by atoms with Crippen LogP contribution >= 0.6 is 0 Å². The maximum atomic E-state index is 13.6. The first-order valence-corrected chi connectivity index (χ1v) is 14.4. The van der Waals surface area contributed by atoms with Crippen molar-refractivity contribution in [3.8, 4) is 0 Å². The summed E-state index contributed by atoms with van der Waals surface area (Å²) in [6, 6.07) is 31.7. The Morgan fingerprint density at radius 1 is 0.886 bits per heavy atom. The highest BCUT2D eigenvalue weighted by molar-refractivity contribution is 5.92. The Morgan fingerprint density at radius 3 is 2.20 bits per heavy atom. The Bertz CT molecular complexity index is 1820. The number of nitrogens with one attached hydrogen (secondary N) is 2. The topological polar surface area (TPSA) is 105 Å². The molecule has 222 valence electrons. The van der Waals surface area contributed by atoms with Crippen molar-refractivity contribution in [2.24, 2.45) is 0 Å².